The summed E-state index contributed by atoms with van der Waals surface area (Å²) in [4.78, 5) is 21.3. The average molecular weight is 244 g/mol. The van der Waals surface area contributed by atoms with Crippen LogP contribution in [0.2, 0.25) is 5.02 Å². The SMILES string of the molecule is CCOc1cc(C(C)=O)c(Cl)cc1[N+](=O)[O-]. The summed E-state index contributed by atoms with van der Waals surface area (Å²) in [5.74, 6) is -0.206. The van der Waals surface area contributed by atoms with Gasteiger partial charge in [-0.25, -0.2) is 0 Å². The Labute approximate surface area is 97.1 Å². The largest absolute Gasteiger partial charge is 0.487 e. The maximum absolute atomic E-state index is 11.2. The summed E-state index contributed by atoms with van der Waals surface area (Å²) in [6.07, 6.45) is 0. The van der Waals surface area contributed by atoms with Gasteiger partial charge in [0.2, 0.25) is 0 Å². The number of benzene rings is 1. The highest BCUT2D eigenvalue weighted by Gasteiger charge is 2.20. The van der Waals surface area contributed by atoms with Crippen molar-refractivity contribution < 1.29 is 14.5 Å². The van der Waals surface area contributed by atoms with E-state index in [-0.39, 0.29) is 34.4 Å². The predicted octanol–water partition coefficient (Wildman–Crippen LogP) is 2.85. The predicted molar refractivity (Wildman–Crippen MR) is 59.3 cm³/mol. The number of hydrogen-bond acceptors (Lipinski definition) is 4. The highest BCUT2D eigenvalue weighted by Crippen LogP contribution is 2.33. The summed E-state index contributed by atoms with van der Waals surface area (Å²) in [7, 11) is 0. The molecule has 86 valence electrons. The Morgan fingerprint density at radius 1 is 1.56 bits per heavy atom. The van der Waals surface area contributed by atoms with Crippen LogP contribution in [0.4, 0.5) is 5.69 Å². The first kappa shape index (κ1) is 12.4. The maximum Gasteiger partial charge on any atom is 0.312 e. The summed E-state index contributed by atoms with van der Waals surface area (Å²) < 4.78 is 5.09. The van der Waals surface area contributed by atoms with Crippen molar-refractivity contribution in [3.05, 3.63) is 32.8 Å². The zero-order chi connectivity index (χ0) is 12.3. The molecular formula is C10H10ClNO4. The Morgan fingerprint density at radius 2 is 2.19 bits per heavy atom. The number of ketones is 1. The number of rotatable bonds is 4. The molecule has 0 N–H and O–H groups in total. The molecule has 0 radical (unpaired) electrons. The molecule has 0 saturated heterocycles. The monoisotopic (exact) mass is 243 g/mol. The van der Waals surface area contributed by atoms with Crippen molar-refractivity contribution in [3.63, 3.8) is 0 Å². The Morgan fingerprint density at radius 3 is 2.62 bits per heavy atom. The van der Waals surface area contributed by atoms with Gasteiger partial charge in [0.05, 0.1) is 16.6 Å². The van der Waals surface area contributed by atoms with Crippen LogP contribution in [-0.4, -0.2) is 17.3 Å². The van der Waals surface area contributed by atoms with Crippen molar-refractivity contribution in [1.82, 2.24) is 0 Å². The summed E-state index contributed by atoms with van der Waals surface area (Å²) in [5.41, 5.74) is -0.0208. The molecule has 5 nitrogen and oxygen atoms in total. The van der Waals surface area contributed by atoms with Crippen LogP contribution in [0.5, 0.6) is 5.75 Å². The highest BCUT2D eigenvalue weighted by molar-refractivity contribution is 6.34. The van der Waals surface area contributed by atoms with E-state index >= 15 is 0 Å². The van der Waals surface area contributed by atoms with Crippen molar-refractivity contribution in [2.75, 3.05) is 6.61 Å². The Bertz CT molecular complexity index is 445. The van der Waals surface area contributed by atoms with E-state index in [2.05, 4.69) is 0 Å². The van der Waals surface area contributed by atoms with E-state index in [1.165, 1.54) is 13.0 Å². The molecule has 0 saturated carbocycles. The van der Waals surface area contributed by atoms with Crippen molar-refractivity contribution in [2.45, 2.75) is 13.8 Å². The van der Waals surface area contributed by atoms with E-state index in [4.69, 9.17) is 16.3 Å². The van der Waals surface area contributed by atoms with Gasteiger partial charge < -0.3 is 4.74 Å². The summed E-state index contributed by atoms with van der Waals surface area (Å²) in [6, 6.07) is 2.43. The van der Waals surface area contributed by atoms with E-state index in [9.17, 15) is 14.9 Å². The molecule has 0 aliphatic rings. The lowest BCUT2D eigenvalue weighted by Gasteiger charge is -2.07. The fourth-order valence-corrected chi connectivity index (χ4v) is 1.52. The number of nitrogens with zero attached hydrogens (tertiary/aromatic N) is 1. The van der Waals surface area contributed by atoms with Crippen LogP contribution < -0.4 is 4.74 Å². The number of nitro benzene ring substituents is 1. The number of halogens is 1. The zero-order valence-electron chi connectivity index (χ0n) is 8.82. The molecule has 16 heavy (non-hydrogen) atoms. The molecule has 0 atom stereocenters. The first-order valence-corrected chi connectivity index (χ1v) is 4.96. The average Bonchev–Trinajstić information content (AvgIpc) is 2.19. The van der Waals surface area contributed by atoms with E-state index < -0.39 is 4.92 Å². The van der Waals surface area contributed by atoms with E-state index in [1.54, 1.807) is 6.92 Å². The number of ether oxygens (including phenoxy) is 1. The van der Waals surface area contributed by atoms with Gasteiger partial charge in [0.15, 0.2) is 11.5 Å². The molecule has 0 amide bonds. The van der Waals surface area contributed by atoms with Crippen LogP contribution >= 0.6 is 11.6 Å². The minimum atomic E-state index is -0.596. The Kier molecular flexibility index (Phi) is 3.84. The number of carbonyl (C=O) groups excluding carboxylic acids is 1. The van der Waals surface area contributed by atoms with E-state index in [0.29, 0.717) is 0 Å². The van der Waals surface area contributed by atoms with Gasteiger partial charge in [0, 0.05) is 11.6 Å². The second-order valence-corrected chi connectivity index (χ2v) is 3.45. The Balaban J connectivity index is 3.36. The van der Waals surface area contributed by atoms with Gasteiger partial charge in [-0.1, -0.05) is 11.6 Å². The molecule has 0 aliphatic carbocycles. The van der Waals surface area contributed by atoms with Crippen LogP contribution in [0.25, 0.3) is 0 Å². The molecule has 0 aliphatic heterocycles. The first-order valence-electron chi connectivity index (χ1n) is 4.59. The van der Waals surface area contributed by atoms with Crippen LogP contribution in [0.3, 0.4) is 0 Å². The number of Topliss-reactive ketones (excluding diaryl/α,β-unsaturated/α-hetero) is 1. The number of nitro groups is 1. The standard InChI is InChI=1S/C10H10ClNO4/c1-3-16-10-4-7(6(2)13)8(11)5-9(10)12(14)15/h4-5H,3H2,1-2H3. The van der Waals surface area contributed by atoms with Crippen LogP contribution in [0, 0.1) is 10.1 Å². The van der Waals surface area contributed by atoms with E-state index in [1.807, 2.05) is 0 Å². The lowest BCUT2D eigenvalue weighted by atomic mass is 10.1. The van der Waals surface area contributed by atoms with Crippen LogP contribution in [0.1, 0.15) is 24.2 Å². The molecule has 0 bridgehead atoms. The minimum Gasteiger partial charge on any atom is -0.487 e. The first-order chi connectivity index (χ1) is 7.47. The van der Waals surface area contributed by atoms with Crippen molar-refractivity contribution in [2.24, 2.45) is 0 Å². The van der Waals surface area contributed by atoms with Gasteiger partial charge in [0.1, 0.15) is 0 Å². The lowest BCUT2D eigenvalue weighted by Crippen LogP contribution is -2.01. The molecule has 1 rings (SSSR count). The smallest absolute Gasteiger partial charge is 0.312 e. The third kappa shape index (κ3) is 2.49. The van der Waals surface area contributed by atoms with Crippen LogP contribution in [-0.2, 0) is 0 Å². The lowest BCUT2D eigenvalue weighted by molar-refractivity contribution is -0.385. The van der Waals surface area contributed by atoms with Crippen molar-refractivity contribution >= 4 is 23.1 Å². The molecule has 0 unspecified atom stereocenters. The van der Waals surface area contributed by atoms with Crippen LogP contribution in [0.15, 0.2) is 12.1 Å². The molecule has 1 aromatic rings. The summed E-state index contributed by atoms with van der Waals surface area (Å²) >= 11 is 5.76. The van der Waals surface area contributed by atoms with Gasteiger partial charge in [-0.2, -0.15) is 0 Å². The second-order valence-electron chi connectivity index (χ2n) is 3.05. The molecule has 0 fully saturated rings. The zero-order valence-corrected chi connectivity index (χ0v) is 9.58. The molecule has 0 heterocycles. The van der Waals surface area contributed by atoms with Gasteiger partial charge in [-0.3, -0.25) is 14.9 Å². The second kappa shape index (κ2) is 4.94. The van der Waals surface area contributed by atoms with E-state index in [0.717, 1.165) is 6.07 Å². The minimum absolute atomic E-state index is 0.0575. The Hall–Kier alpha value is -1.62. The molecular weight excluding hydrogens is 234 g/mol. The normalized spacial score (nSPS) is 9.94. The maximum atomic E-state index is 11.2. The fraction of sp³-hybridized carbons (Fsp3) is 0.300. The summed E-state index contributed by atoms with van der Waals surface area (Å²) in [5, 5.41) is 10.8. The molecule has 6 heteroatoms. The van der Waals surface area contributed by atoms with Crippen molar-refractivity contribution in [1.29, 1.82) is 0 Å². The third-order valence-corrected chi connectivity index (χ3v) is 2.24. The van der Waals surface area contributed by atoms with Gasteiger partial charge in [-0.15, -0.1) is 0 Å². The van der Waals surface area contributed by atoms with Crippen molar-refractivity contribution in [3.8, 4) is 5.75 Å². The highest BCUT2D eigenvalue weighted by atomic mass is 35.5. The van der Waals surface area contributed by atoms with Gasteiger partial charge in [0.25, 0.3) is 0 Å². The number of carbonyl (C=O) groups is 1. The quantitative estimate of drug-likeness (QED) is 0.463. The number of hydrogen-bond donors (Lipinski definition) is 0. The molecule has 1 aromatic carbocycles. The molecule has 0 aromatic heterocycles. The van der Waals surface area contributed by atoms with Gasteiger partial charge in [-0.05, 0) is 19.9 Å². The summed E-state index contributed by atoms with van der Waals surface area (Å²) in [6.45, 7) is 3.31. The van der Waals surface area contributed by atoms with Gasteiger partial charge >= 0.3 is 5.69 Å². The third-order valence-electron chi connectivity index (χ3n) is 1.92. The molecule has 0 spiro atoms. The topological polar surface area (TPSA) is 69.4 Å². The fourth-order valence-electron chi connectivity index (χ4n) is 1.23.